The van der Waals surface area contributed by atoms with E-state index in [4.69, 9.17) is 27.9 Å². The van der Waals surface area contributed by atoms with Gasteiger partial charge in [-0.3, -0.25) is 19.2 Å². The second-order valence-electron chi connectivity index (χ2n) is 11.0. The van der Waals surface area contributed by atoms with Gasteiger partial charge in [-0.15, -0.1) is 0 Å². The molecule has 1 aromatic heterocycles. The van der Waals surface area contributed by atoms with E-state index in [1.54, 1.807) is 13.0 Å². The molecule has 3 atom stereocenters. The van der Waals surface area contributed by atoms with Crippen LogP contribution in [-0.2, 0) is 30.3 Å². The molecule has 0 unspecified atom stereocenters. The van der Waals surface area contributed by atoms with Gasteiger partial charge in [-0.05, 0) is 56.0 Å². The number of para-hydroxylation sites is 1. The summed E-state index contributed by atoms with van der Waals surface area (Å²) < 4.78 is 5.44. The summed E-state index contributed by atoms with van der Waals surface area (Å²) in [5, 5.41) is 16.8. The molecule has 0 fully saturated rings. The molecule has 2 heterocycles. The number of cyclic esters (lactones) is 1. The normalized spacial score (nSPS) is 22.8. The lowest BCUT2D eigenvalue weighted by atomic mass is 9.99. The number of phenols is 1. The number of rotatable bonds is 3. The van der Waals surface area contributed by atoms with Crippen LogP contribution in [0.2, 0.25) is 10.2 Å². The highest BCUT2D eigenvalue weighted by molar-refractivity contribution is 6.32. The number of esters is 1. The van der Waals surface area contributed by atoms with E-state index in [0.717, 1.165) is 16.5 Å². The Morgan fingerprint density at radius 1 is 1.05 bits per heavy atom. The zero-order chi connectivity index (χ0) is 32.0. The zero-order valence-electron chi connectivity index (χ0n) is 24.8. The molecule has 44 heavy (non-hydrogen) atoms. The average molecular weight is 644 g/mol. The second kappa shape index (κ2) is 14.6. The molecule has 0 bridgehead atoms. The van der Waals surface area contributed by atoms with Crippen LogP contribution in [0.5, 0.6) is 5.75 Å². The third kappa shape index (κ3) is 8.12. The number of carbonyl (C=O) groups excluding carboxylic acids is 4. The second-order valence-corrected chi connectivity index (χ2v) is 11.7. The van der Waals surface area contributed by atoms with Crippen molar-refractivity contribution in [2.24, 2.45) is 0 Å². The zero-order valence-corrected chi connectivity index (χ0v) is 26.3. The average Bonchev–Trinajstić information content (AvgIpc) is 3.31. The van der Waals surface area contributed by atoms with Crippen LogP contribution in [0.3, 0.4) is 0 Å². The molecule has 4 rings (SSSR count). The number of allylic oxidation sites excluding steroid dienone is 1. The minimum absolute atomic E-state index is 0.0368. The number of hydrogen-bond donors (Lipinski definition) is 4. The molecule has 1 aliphatic rings. The van der Waals surface area contributed by atoms with Crippen molar-refractivity contribution in [3.63, 3.8) is 0 Å². The highest BCUT2D eigenvalue weighted by Gasteiger charge is 2.34. The topological polar surface area (TPSA) is 141 Å². The monoisotopic (exact) mass is 642 g/mol. The van der Waals surface area contributed by atoms with E-state index >= 15 is 0 Å². The minimum Gasteiger partial charge on any atom is -0.506 e. The number of amides is 3. The van der Waals surface area contributed by atoms with Crippen molar-refractivity contribution in [2.45, 2.75) is 64.1 Å². The Morgan fingerprint density at radius 3 is 2.55 bits per heavy atom. The van der Waals surface area contributed by atoms with E-state index in [0.29, 0.717) is 29.1 Å². The van der Waals surface area contributed by atoms with Crippen LogP contribution in [0.1, 0.15) is 56.7 Å². The number of likely N-dealkylation sites (N-methyl/N-ethyl adjacent to an activating group) is 1. The lowest BCUT2D eigenvalue weighted by molar-refractivity contribution is -0.145. The highest BCUT2D eigenvalue weighted by atomic mass is 35.5. The molecule has 1 aliphatic heterocycles. The van der Waals surface area contributed by atoms with Gasteiger partial charge in [0.2, 0.25) is 17.7 Å². The highest BCUT2D eigenvalue weighted by Crippen LogP contribution is 2.30. The molecule has 234 valence electrons. The molecule has 3 amide bonds. The van der Waals surface area contributed by atoms with E-state index < -0.39 is 35.9 Å². The maximum Gasteiger partial charge on any atom is 0.308 e. The van der Waals surface area contributed by atoms with E-state index in [1.165, 1.54) is 24.1 Å². The molecule has 2 aromatic carbocycles. The van der Waals surface area contributed by atoms with E-state index in [1.807, 2.05) is 37.3 Å². The van der Waals surface area contributed by atoms with Gasteiger partial charge in [0.15, 0.2) is 0 Å². The number of nitrogens with zero attached hydrogens (tertiary/aromatic N) is 1. The molecule has 3 aromatic rings. The Labute approximate surface area is 265 Å². The Morgan fingerprint density at radius 2 is 1.80 bits per heavy atom. The van der Waals surface area contributed by atoms with Gasteiger partial charge in [-0.1, -0.05) is 59.1 Å². The number of H-pyrrole nitrogens is 1. The maximum absolute atomic E-state index is 14.1. The number of benzene rings is 2. The van der Waals surface area contributed by atoms with Crippen LogP contribution < -0.4 is 10.6 Å². The van der Waals surface area contributed by atoms with Crippen molar-refractivity contribution in [1.82, 2.24) is 20.5 Å². The SMILES string of the molecule is C/C1=C\CCOC(=O)C[C@H](c2ccc(O)c(Cl)c2)NC(=O)[C@@H](Cc2c(Cl)[nH]c3ccccc23)N(C)C(=O)[C@H](C)NC(=O)CC1. The molecule has 10 nitrogen and oxygen atoms in total. The fourth-order valence-corrected chi connectivity index (χ4v) is 5.65. The third-order valence-corrected chi connectivity index (χ3v) is 8.33. The van der Waals surface area contributed by atoms with Crippen LogP contribution in [0.15, 0.2) is 54.1 Å². The van der Waals surface area contributed by atoms with Crippen molar-refractivity contribution in [2.75, 3.05) is 13.7 Å². The molecule has 0 radical (unpaired) electrons. The summed E-state index contributed by atoms with van der Waals surface area (Å²) >= 11 is 12.8. The molecule has 0 spiro atoms. The number of fused-ring (bicyclic) bond motifs is 1. The Hall–Kier alpha value is -4.02. The van der Waals surface area contributed by atoms with Crippen LogP contribution in [-0.4, -0.2) is 64.4 Å². The third-order valence-electron chi connectivity index (χ3n) is 7.71. The summed E-state index contributed by atoms with van der Waals surface area (Å²) in [5.74, 6) is -2.06. The fraction of sp³-hybridized carbons (Fsp3) is 0.375. The summed E-state index contributed by atoms with van der Waals surface area (Å²) in [5.41, 5.74) is 2.81. The maximum atomic E-state index is 14.1. The van der Waals surface area contributed by atoms with Crippen LogP contribution in [0, 0.1) is 0 Å². The number of carbonyl (C=O) groups is 4. The lowest BCUT2D eigenvalue weighted by Crippen LogP contribution is -2.54. The number of halogens is 2. The summed E-state index contributed by atoms with van der Waals surface area (Å²) in [6, 6.07) is 8.91. The first-order valence-corrected chi connectivity index (χ1v) is 15.1. The number of aromatic nitrogens is 1. The number of aromatic hydroxyl groups is 1. The first kappa shape index (κ1) is 32.9. The van der Waals surface area contributed by atoms with Gasteiger partial charge in [0.1, 0.15) is 23.0 Å². The predicted octanol–water partition coefficient (Wildman–Crippen LogP) is 4.98. The van der Waals surface area contributed by atoms with Gasteiger partial charge in [-0.2, -0.15) is 0 Å². The van der Waals surface area contributed by atoms with Crippen LogP contribution in [0.4, 0.5) is 0 Å². The van der Waals surface area contributed by atoms with Gasteiger partial charge < -0.3 is 30.4 Å². The number of ether oxygens (including phenoxy) is 1. The fourth-order valence-electron chi connectivity index (χ4n) is 5.18. The van der Waals surface area contributed by atoms with E-state index in [-0.39, 0.29) is 42.5 Å². The van der Waals surface area contributed by atoms with Crippen LogP contribution >= 0.6 is 23.2 Å². The van der Waals surface area contributed by atoms with Gasteiger partial charge in [0.25, 0.3) is 0 Å². The standard InChI is InChI=1S/C32H36Cl2N4O6/c1-18-7-6-14-44-29(41)17-25(20-11-12-27(39)23(33)15-20)37-31(42)26(38(3)32(43)19(2)35-28(40)13-10-18)16-22-21-8-4-5-9-24(21)36-30(22)34/h4-5,7-9,11-12,15,19,25-26,36,39H,6,10,13-14,16-17H2,1-3H3,(H,35,40)(H,37,42)/b18-7+/t19-,25+,26+/m0/s1. The van der Waals surface area contributed by atoms with Gasteiger partial charge in [0.05, 0.1) is 24.1 Å². The smallest absolute Gasteiger partial charge is 0.308 e. The van der Waals surface area contributed by atoms with E-state index in [2.05, 4.69) is 15.6 Å². The molecule has 0 saturated carbocycles. The Bertz CT molecular complexity index is 1590. The molecule has 0 aliphatic carbocycles. The largest absolute Gasteiger partial charge is 0.506 e. The van der Waals surface area contributed by atoms with Gasteiger partial charge in [-0.25, -0.2) is 0 Å². The van der Waals surface area contributed by atoms with Gasteiger partial charge >= 0.3 is 5.97 Å². The quantitative estimate of drug-likeness (QED) is 0.235. The van der Waals surface area contributed by atoms with Crippen LogP contribution in [0.25, 0.3) is 10.9 Å². The number of hydrogen-bond acceptors (Lipinski definition) is 6. The number of nitrogens with one attached hydrogen (secondary N) is 3. The molecular formula is C32H36Cl2N4O6. The van der Waals surface area contributed by atoms with Gasteiger partial charge in [0, 0.05) is 30.8 Å². The minimum atomic E-state index is -1.09. The van der Waals surface area contributed by atoms with Crippen molar-refractivity contribution in [3.05, 3.63) is 75.4 Å². The summed E-state index contributed by atoms with van der Waals surface area (Å²) in [4.78, 5) is 57.7. The predicted molar refractivity (Wildman–Crippen MR) is 168 cm³/mol. The van der Waals surface area contributed by atoms with Crippen molar-refractivity contribution < 1.29 is 29.0 Å². The first-order chi connectivity index (χ1) is 20.9. The van der Waals surface area contributed by atoms with Crippen molar-refractivity contribution >= 4 is 57.8 Å². The Kier molecular flexibility index (Phi) is 10.9. The van der Waals surface area contributed by atoms with Crippen molar-refractivity contribution in [3.8, 4) is 5.75 Å². The molecule has 4 N–H and O–H groups in total. The summed E-state index contributed by atoms with van der Waals surface area (Å²) in [6.45, 7) is 3.58. The molecule has 12 heteroatoms. The first-order valence-electron chi connectivity index (χ1n) is 14.4. The Balaban J connectivity index is 1.73. The number of phenolic OH excluding ortho intramolecular Hbond substituents is 1. The summed E-state index contributed by atoms with van der Waals surface area (Å²) in [7, 11) is 1.49. The van der Waals surface area contributed by atoms with Crippen molar-refractivity contribution in [1.29, 1.82) is 0 Å². The molecular weight excluding hydrogens is 607 g/mol. The summed E-state index contributed by atoms with van der Waals surface area (Å²) in [6.07, 6.45) is 2.81. The molecule has 0 saturated heterocycles. The van der Waals surface area contributed by atoms with E-state index in [9.17, 15) is 24.3 Å². The number of aromatic amines is 1. The lowest BCUT2D eigenvalue weighted by Gasteiger charge is -2.31.